The molecule has 3 atom stereocenters. The number of fused-ring (bicyclic) bond motifs is 1. The SMILES string of the molecule is [2H][2H].[2H][2H].[2H][2H].[2H][2H].[2H][2H].[2H][2H].[2H][2H].[2H][2H].[2H]c1c(C)c([N+]#[C-])c(C)c2c1[C@](CC(C)CN(C)C(C)C)(c1ccc(F)c(C)c1C)OC2C.[HH].[HH].[HH].[HH].[HH].[HH].[HH].[HH].[HH].[HH].[HH].[HH].[HH].[HH].[HH].[HH].[HH].[HH].[HH].[HH].[HH].[HH].[HH].[HH].[HH].[HH].[HH].[HH].[HH].[HH].[HH].[HH].[HH].[HH].[HH].[HH].[HH].[HH].[HH].[HH].[HH].[HH].[HH].[HH].[HH].[HH].[HH].[HH].[HH].[HH].[HH]. The van der Waals surface area contributed by atoms with E-state index >= 15 is 0 Å². The van der Waals surface area contributed by atoms with Gasteiger partial charge in [-0.15, -0.1) is 0 Å². The molecule has 0 saturated heterocycles. The summed E-state index contributed by atoms with van der Waals surface area (Å²) in [6.07, 6.45) is 0.417. The molecule has 290 valence electrons. The number of ether oxygens (including phenoxy) is 1. The average molecular weight is 573 g/mol. The maximum atomic E-state index is 14.5. The quantitative estimate of drug-likeness (QED) is 0.320. The van der Waals surface area contributed by atoms with Crippen molar-refractivity contribution >= 4 is 5.69 Å². The second-order valence-electron chi connectivity index (χ2n) is 9.90. The summed E-state index contributed by atoms with van der Waals surface area (Å²) in [5.74, 6) is 0.0351. The number of benzene rings is 2. The molecule has 1 heterocycles. The van der Waals surface area contributed by atoms with Gasteiger partial charge in [-0.2, -0.15) is 0 Å². The van der Waals surface area contributed by atoms with Gasteiger partial charge in [-0.3, -0.25) is 0 Å². The zero-order valence-corrected chi connectivity index (χ0v) is 21.0. The number of halogens is 1. The topological polar surface area (TPSA) is 16.8 Å². The van der Waals surface area contributed by atoms with Crippen LogP contribution in [-0.4, -0.2) is 24.5 Å². The minimum atomic E-state index is -0.859. The predicted molar refractivity (Wildman–Crippen MR) is 255 cm³/mol. The third-order valence-corrected chi connectivity index (χ3v) is 7.27. The predicted octanol–water partition coefficient (Wildman–Crippen LogP) is 21.8. The van der Waals surface area contributed by atoms with Crippen LogP contribution in [0.15, 0.2) is 18.2 Å². The van der Waals surface area contributed by atoms with Gasteiger partial charge in [0, 0.05) is 109 Å². The van der Waals surface area contributed by atoms with Crippen molar-refractivity contribution in [3.63, 3.8) is 0 Å². The summed E-state index contributed by atoms with van der Waals surface area (Å²) in [4.78, 5) is 6.06. The fraction of sp³-hybridized carbons (Fsp3) is 0.536. The second kappa shape index (κ2) is 8.96. The van der Waals surface area contributed by atoms with Gasteiger partial charge in [0.25, 0.3) is 0 Å². The lowest BCUT2D eigenvalue weighted by molar-refractivity contribution is -0.0568. The summed E-state index contributed by atoms with van der Waals surface area (Å²) in [6.45, 7) is 24.7. The van der Waals surface area contributed by atoms with Crippen LogP contribution in [0.5, 0.6) is 0 Å². The van der Waals surface area contributed by atoms with Gasteiger partial charge in [0.2, 0.25) is 0 Å². The molecule has 0 bridgehead atoms. The van der Waals surface area contributed by atoms with Crippen molar-refractivity contribution in [2.45, 2.75) is 79.6 Å². The summed E-state index contributed by atoms with van der Waals surface area (Å²) in [5.41, 5.74) is 5.47. The van der Waals surface area contributed by atoms with E-state index in [1.54, 1.807) is 6.92 Å². The van der Waals surface area contributed by atoms with E-state index in [1.807, 2.05) is 33.8 Å². The molecule has 0 aromatic heterocycles. The molecule has 0 N–H and O–H groups in total. The zero-order chi connectivity index (χ0) is 40.8. The molecular weight excluding hydrogens is 399 g/mol. The van der Waals surface area contributed by atoms with Crippen LogP contribution in [0.1, 0.15) is 177 Å². The summed E-state index contributed by atoms with van der Waals surface area (Å²) in [5, 5.41) is 0. The van der Waals surface area contributed by atoms with Gasteiger partial charge in [-0.1, -0.05) is 19.0 Å². The van der Waals surface area contributed by atoms with Gasteiger partial charge < -0.3 is 9.64 Å². The lowest BCUT2D eigenvalue weighted by atomic mass is 9.75. The summed E-state index contributed by atoms with van der Waals surface area (Å²) < 4.78 is 110. The Hall–Kier alpha value is -2.22. The Labute approximate surface area is 295 Å². The van der Waals surface area contributed by atoms with Crippen LogP contribution in [0.4, 0.5) is 10.1 Å². The highest BCUT2D eigenvalue weighted by Crippen LogP contribution is 2.54. The molecule has 1 aliphatic heterocycles. The van der Waals surface area contributed by atoms with E-state index in [-0.39, 0.29) is 90.6 Å². The molecule has 2 unspecified atom stereocenters. The third-order valence-electron chi connectivity index (χ3n) is 7.27. The number of hydrogen-bond acceptors (Lipinski definition) is 2. The first kappa shape index (κ1) is 14.8. The van der Waals surface area contributed by atoms with Crippen molar-refractivity contribution in [1.29, 1.82) is 0 Å². The number of nitrogens with zero attached hydrogens (tertiary/aromatic N) is 2. The number of hydrogen-bond donors (Lipinski definition) is 0. The van der Waals surface area contributed by atoms with Crippen LogP contribution in [0.25, 0.3) is 4.85 Å². The molecule has 0 fully saturated rings. The van der Waals surface area contributed by atoms with Crippen LogP contribution in [0.2, 0.25) is 0 Å². The average Bonchev–Trinajstić information content (AvgIpc) is 3.45. The Morgan fingerprint density at radius 2 is 1.91 bits per heavy atom. The van der Waals surface area contributed by atoms with E-state index < -0.39 is 5.60 Å². The van der Waals surface area contributed by atoms with E-state index in [1.165, 1.54) is 6.07 Å². The van der Waals surface area contributed by atoms with Crippen LogP contribution >= 0.6 is 0 Å². The van der Waals surface area contributed by atoms with Gasteiger partial charge >= 0.3 is 0 Å². The lowest BCUT2D eigenvalue weighted by Crippen LogP contribution is -2.36. The van der Waals surface area contributed by atoms with Gasteiger partial charge in [-0.25, -0.2) is 9.24 Å². The Morgan fingerprint density at radius 1 is 1.25 bits per heavy atom. The maximum absolute atomic E-state index is 14.5. The van der Waals surface area contributed by atoms with Crippen molar-refractivity contribution in [1.82, 2.24) is 4.90 Å². The molecule has 1 aliphatic rings. The molecule has 2 aromatic carbocycles. The first-order chi connectivity index (χ1) is 23.4. The molecular formula is C28H155FN2O. The summed E-state index contributed by atoms with van der Waals surface area (Å²) >= 11 is 0. The molecule has 3 rings (SSSR count). The van der Waals surface area contributed by atoms with Crippen molar-refractivity contribution in [2.24, 2.45) is 5.92 Å². The molecule has 0 radical (unpaired) electrons. The summed E-state index contributed by atoms with van der Waals surface area (Å²) in [7, 11) is 2.12. The molecule has 0 amide bonds. The molecule has 32 heavy (non-hydrogen) atoms. The molecule has 4 heteroatoms. The first-order valence-corrected chi connectivity index (χ1v) is 11.5. The zero-order valence-electron chi connectivity index (χ0n) is 38.0. The molecule has 0 aliphatic carbocycles. The fourth-order valence-corrected chi connectivity index (χ4v) is 5.27. The normalized spacial score (nSPS) is 23.6. The Morgan fingerprint density at radius 3 is 2.50 bits per heavy atom. The highest BCUT2D eigenvalue weighted by atomic mass is 19.1. The molecule has 0 spiro atoms. The fourth-order valence-electron chi connectivity index (χ4n) is 5.27. The number of rotatable bonds is 6. The van der Waals surface area contributed by atoms with E-state index in [0.717, 1.165) is 34.4 Å². The Kier molecular flexibility index (Phi) is 4.15. The second-order valence-corrected chi connectivity index (χ2v) is 9.90. The summed E-state index contributed by atoms with van der Waals surface area (Å²) in [6, 6.07) is 4.15. The van der Waals surface area contributed by atoms with Crippen LogP contribution in [-0.2, 0) is 10.3 Å². The lowest BCUT2D eigenvalue weighted by Gasteiger charge is -2.37. The van der Waals surface area contributed by atoms with Gasteiger partial charge in [0.15, 0.2) is 5.69 Å². The van der Waals surface area contributed by atoms with Crippen LogP contribution in [0.3, 0.4) is 0 Å². The van der Waals surface area contributed by atoms with E-state index in [4.69, 9.17) is 36.4 Å². The van der Waals surface area contributed by atoms with E-state index in [2.05, 4.69) is 37.6 Å². The van der Waals surface area contributed by atoms with E-state index in [0.29, 0.717) is 35.3 Å². The third kappa shape index (κ3) is 3.98. The van der Waals surface area contributed by atoms with Crippen molar-refractivity contribution in [2.75, 3.05) is 13.6 Å². The van der Waals surface area contributed by atoms with Gasteiger partial charge in [-0.05, 0) is 113 Å². The van der Waals surface area contributed by atoms with Crippen molar-refractivity contribution in [3.8, 4) is 0 Å². The molecule has 3 nitrogen and oxygen atoms in total. The standard InChI is InChI=1S/C28H37FN2O.59H2/c1-16(2)31(10)15-17(3)14-28(23-11-12-25(29)20(6)19(23)5)24-13-18(4)27(30-9)21(7)26(24)22(8)32-28;;;;;;;;;;;;;;;;;;;;;;;;;;;;;;;;;;;;;;;;;;;;;;;;;;;;;;;;;;;/h11-13,16-17,22H,14-15H2,1-8,10H3;59*1H/t17?,22?,28-;;;;;;;;;;;;;;;;;;;;;;;;;;;;;;;;;;;;;;;;;;;;;;;;;;;;;;;;;;;/m0.........................................................../s1/i13D;8*1+1D;;;;;;;;;;;;;;;;;;;;;;;;;;;;;;;;;;;;;;;;;;;;;;;;;;;. The monoisotopic (exact) mass is 572 g/mol. The van der Waals surface area contributed by atoms with Crippen molar-refractivity contribution in [3.05, 3.63) is 74.4 Å². The van der Waals surface area contributed by atoms with Crippen molar-refractivity contribution < 1.29 is 107 Å². The minimum absolute atomic E-state index is 0. The molecule has 2 aromatic rings. The van der Waals surface area contributed by atoms with E-state index in [9.17, 15) is 4.39 Å². The van der Waals surface area contributed by atoms with Crippen LogP contribution < -0.4 is 0 Å². The molecule has 0 saturated carbocycles. The Bertz CT molecular complexity index is 1200. The highest BCUT2D eigenvalue weighted by molar-refractivity contribution is 5.66. The van der Waals surface area contributed by atoms with Gasteiger partial charge in [0.1, 0.15) is 11.4 Å². The minimum Gasteiger partial charge on any atom is -0.358 e. The highest BCUT2D eigenvalue weighted by Gasteiger charge is 2.48. The first-order valence-electron chi connectivity index (χ1n) is 20.0. The smallest absolute Gasteiger partial charge is 0.193 e. The largest absolute Gasteiger partial charge is 0.358 e. The van der Waals surface area contributed by atoms with Gasteiger partial charge in [0.05, 0.1) is 14.0 Å². The maximum Gasteiger partial charge on any atom is 0.193 e. The van der Waals surface area contributed by atoms with Crippen LogP contribution in [0, 0.1) is 46.0 Å². The Balaban J connectivity index is -0.00000000472.